The molecule has 6 rings (SSSR count). The van der Waals surface area contributed by atoms with Crippen LogP contribution in [0, 0.1) is 0 Å². The number of hydrogen-bond acceptors (Lipinski definition) is 4. The molecule has 0 atom stereocenters. The average Bonchev–Trinajstić information content (AvgIpc) is 3.15. The van der Waals surface area contributed by atoms with E-state index < -0.39 is 16.6 Å². The first kappa shape index (κ1) is 31.7. The molecule has 0 aliphatic rings. The summed E-state index contributed by atoms with van der Waals surface area (Å²) < 4.78 is 13.7. The van der Waals surface area contributed by atoms with Crippen molar-refractivity contribution in [1.82, 2.24) is 0 Å². The summed E-state index contributed by atoms with van der Waals surface area (Å²) in [7, 11) is -5.94. The van der Waals surface area contributed by atoms with Crippen LogP contribution in [0.2, 0.25) is 0 Å². The van der Waals surface area contributed by atoms with Gasteiger partial charge < -0.3 is 9.05 Å². The minimum Gasteiger partial charge on any atom is -0.438 e. The Bertz CT molecular complexity index is 1570. The van der Waals surface area contributed by atoms with Crippen LogP contribution in [0.15, 0.2) is 192 Å². The van der Waals surface area contributed by atoms with Crippen molar-refractivity contribution in [2.75, 3.05) is 0 Å². The van der Waals surface area contributed by atoms with Gasteiger partial charge in [-0.2, -0.15) is 0 Å². The minimum atomic E-state index is -2.97. The molecule has 0 saturated heterocycles. The zero-order valence-electron chi connectivity index (χ0n) is 26.7. The van der Waals surface area contributed by atoms with Crippen molar-refractivity contribution in [2.45, 2.75) is 20.3 Å². The lowest BCUT2D eigenvalue weighted by Gasteiger charge is -2.30. The number of oxime groups is 2. The Morgan fingerprint density at radius 3 is 0.745 bits per heavy atom. The van der Waals surface area contributed by atoms with Gasteiger partial charge in [0.1, 0.15) is 0 Å². The molecule has 0 radical (unpaired) electrons. The van der Waals surface area contributed by atoms with Gasteiger partial charge in [0.2, 0.25) is 0 Å². The summed E-state index contributed by atoms with van der Waals surface area (Å²) in [5.74, 6) is 0. The summed E-state index contributed by atoms with van der Waals surface area (Å²) in [5, 5.41) is 16.5. The molecule has 4 nitrogen and oxygen atoms in total. The highest BCUT2D eigenvalue weighted by Gasteiger charge is 2.46. The lowest BCUT2D eigenvalue weighted by Crippen LogP contribution is -2.68. The smallest absolute Gasteiger partial charge is 0.380 e. The average molecular weight is 647 g/mol. The first-order chi connectivity index (χ1) is 23.1. The van der Waals surface area contributed by atoms with Gasteiger partial charge >= 0.3 is 16.6 Å². The molecule has 0 aliphatic heterocycles. The molecule has 0 fully saturated rings. The zero-order chi connectivity index (χ0) is 32.4. The van der Waals surface area contributed by atoms with E-state index in [0.717, 1.165) is 42.5 Å². The molecular formula is C41H38N2O2Si2. The van der Waals surface area contributed by atoms with Crippen LogP contribution >= 0.6 is 0 Å². The van der Waals surface area contributed by atoms with Crippen molar-refractivity contribution in [3.63, 3.8) is 0 Å². The maximum atomic E-state index is 6.84. The van der Waals surface area contributed by atoms with E-state index in [0.29, 0.717) is 6.42 Å². The Labute approximate surface area is 279 Å². The molecule has 47 heavy (non-hydrogen) atoms. The second-order valence-corrected chi connectivity index (χ2v) is 18.1. The number of nitrogens with zero attached hydrogens (tertiary/aromatic N) is 2. The lowest BCUT2D eigenvalue weighted by atomic mass is 10.2. The molecule has 0 spiro atoms. The van der Waals surface area contributed by atoms with E-state index >= 15 is 0 Å². The predicted molar refractivity (Wildman–Crippen MR) is 201 cm³/mol. The Morgan fingerprint density at radius 1 is 0.362 bits per heavy atom. The Balaban J connectivity index is 1.36. The molecule has 0 saturated carbocycles. The molecule has 0 N–H and O–H groups in total. The molecule has 6 aromatic carbocycles. The van der Waals surface area contributed by atoms with Gasteiger partial charge in [0.05, 0.1) is 11.4 Å². The molecule has 0 heterocycles. The molecule has 0 aliphatic carbocycles. The minimum absolute atomic E-state index is 0.506. The van der Waals surface area contributed by atoms with Crippen LogP contribution in [-0.2, 0) is 9.05 Å². The van der Waals surface area contributed by atoms with Gasteiger partial charge in [-0.25, -0.2) is 0 Å². The molecule has 0 amide bonds. The van der Waals surface area contributed by atoms with E-state index in [4.69, 9.17) is 19.4 Å². The Morgan fingerprint density at radius 2 is 0.553 bits per heavy atom. The molecule has 6 heteroatoms. The van der Waals surface area contributed by atoms with E-state index in [1.807, 2.05) is 50.2 Å². The highest BCUT2D eigenvalue weighted by Crippen LogP contribution is 2.13. The summed E-state index contributed by atoms with van der Waals surface area (Å²) in [6, 6.07) is 62.9. The van der Waals surface area contributed by atoms with Crippen LogP contribution in [0.4, 0.5) is 0 Å². The predicted octanol–water partition coefficient (Wildman–Crippen LogP) is 5.50. The highest BCUT2D eigenvalue weighted by atomic mass is 28.4. The monoisotopic (exact) mass is 646 g/mol. The fourth-order valence-corrected chi connectivity index (χ4v) is 13.3. The fraction of sp³-hybridized carbons (Fsp3) is 0.0732. The molecular weight excluding hydrogens is 609 g/mol. The van der Waals surface area contributed by atoms with Gasteiger partial charge in [-0.15, -0.1) is 10.3 Å². The Hall–Kier alpha value is -5.31. The zero-order valence-corrected chi connectivity index (χ0v) is 28.7. The normalized spacial score (nSPS) is 12.4. The maximum Gasteiger partial charge on any atom is 0.380 e. The van der Waals surface area contributed by atoms with Crippen molar-refractivity contribution in [1.29, 1.82) is 0 Å². The molecule has 0 bridgehead atoms. The van der Waals surface area contributed by atoms with Crippen LogP contribution in [-0.4, -0.2) is 28.1 Å². The van der Waals surface area contributed by atoms with Gasteiger partial charge in [-0.1, -0.05) is 182 Å². The number of rotatable bonds is 12. The third-order valence-corrected chi connectivity index (χ3v) is 15.9. The summed E-state index contributed by atoms with van der Waals surface area (Å²) in [6.45, 7) is 3.99. The van der Waals surface area contributed by atoms with Gasteiger partial charge in [0.15, 0.2) is 0 Å². The third kappa shape index (κ3) is 6.79. The van der Waals surface area contributed by atoms with Gasteiger partial charge in [0.25, 0.3) is 0 Å². The molecule has 0 unspecified atom stereocenters. The highest BCUT2D eigenvalue weighted by molar-refractivity contribution is 7.07. The number of benzene rings is 6. The number of hydrogen-bond donors (Lipinski definition) is 0. The van der Waals surface area contributed by atoms with Crippen LogP contribution in [0.3, 0.4) is 0 Å². The van der Waals surface area contributed by atoms with E-state index in [1.165, 1.54) is 0 Å². The summed E-state index contributed by atoms with van der Waals surface area (Å²) in [5.41, 5.74) is 1.64. The van der Waals surface area contributed by atoms with Crippen molar-refractivity contribution in [2.24, 2.45) is 10.3 Å². The van der Waals surface area contributed by atoms with E-state index in [1.54, 1.807) is 0 Å². The van der Waals surface area contributed by atoms with Crippen LogP contribution in [0.1, 0.15) is 20.3 Å². The Kier molecular flexibility index (Phi) is 10.0. The molecule has 232 valence electrons. The second-order valence-electron chi connectivity index (χ2n) is 11.6. The molecule has 6 aromatic rings. The van der Waals surface area contributed by atoms with E-state index in [-0.39, 0.29) is 0 Å². The quantitative estimate of drug-likeness (QED) is 0.0764. The van der Waals surface area contributed by atoms with Gasteiger partial charge in [-0.05, 0) is 45.0 Å². The van der Waals surface area contributed by atoms with Crippen molar-refractivity contribution < 1.29 is 9.05 Å². The summed E-state index contributed by atoms with van der Waals surface area (Å²) in [4.78, 5) is 0. The first-order valence-electron chi connectivity index (χ1n) is 15.9. The molecule has 0 aromatic heterocycles. The topological polar surface area (TPSA) is 43.2 Å². The second kappa shape index (κ2) is 14.9. The van der Waals surface area contributed by atoms with Gasteiger partial charge in [0, 0.05) is 6.42 Å². The van der Waals surface area contributed by atoms with Gasteiger partial charge in [-0.3, -0.25) is 0 Å². The van der Waals surface area contributed by atoms with Crippen LogP contribution in [0.25, 0.3) is 0 Å². The van der Waals surface area contributed by atoms with E-state index in [2.05, 4.69) is 146 Å². The lowest BCUT2D eigenvalue weighted by molar-refractivity contribution is 0.344. The summed E-state index contributed by atoms with van der Waals surface area (Å²) >= 11 is 0. The third-order valence-electron chi connectivity index (χ3n) is 8.27. The fourth-order valence-electron chi connectivity index (χ4n) is 6.08. The van der Waals surface area contributed by atoms with Crippen LogP contribution in [0.5, 0.6) is 0 Å². The van der Waals surface area contributed by atoms with Crippen molar-refractivity contribution >= 4 is 59.2 Å². The first-order valence-corrected chi connectivity index (χ1v) is 19.7. The van der Waals surface area contributed by atoms with E-state index in [9.17, 15) is 0 Å². The summed E-state index contributed by atoms with van der Waals surface area (Å²) in [6.07, 6.45) is 0.506. The van der Waals surface area contributed by atoms with Crippen molar-refractivity contribution in [3.8, 4) is 0 Å². The van der Waals surface area contributed by atoms with Crippen molar-refractivity contribution in [3.05, 3.63) is 182 Å². The largest absolute Gasteiger partial charge is 0.438 e. The SMILES string of the molecule is CC(CC(C)=NO[Si](c1ccccc1)(c1ccccc1)c1ccccc1)=NO[Si](c1ccccc1)(c1ccccc1)c1ccccc1. The maximum absolute atomic E-state index is 6.84. The van der Waals surface area contributed by atoms with Crippen LogP contribution < -0.4 is 31.1 Å². The standard InChI is InChI=1S/C41H38N2O2Si2/c1-34(42-44-46(36-21-9-3-10-22-36,37-23-11-4-12-24-37)38-25-13-5-14-26-38)33-35(2)43-45-47(39-27-15-6-16-28-39,40-29-17-7-18-30-40)41-31-19-8-20-32-41/h3-32H,33H2,1-2H3.